The monoisotopic (exact) mass is 268 g/mol. The van der Waals surface area contributed by atoms with Crippen LogP contribution in [0.4, 0.5) is 11.4 Å². The lowest BCUT2D eigenvalue weighted by Crippen LogP contribution is -2.01. The molecule has 0 bridgehead atoms. The van der Waals surface area contributed by atoms with Gasteiger partial charge in [-0.3, -0.25) is 0 Å². The van der Waals surface area contributed by atoms with Crippen molar-refractivity contribution in [1.29, 1.82) is 0 Å². The average molecular weight is 268 g/mol. The van der Waals surface area contributed by atoms with Crippen molar-refractivity contribution in [3.05, 3.63) is 66.2 Å². The second-order valence-corrected chi connectivity index (χ2v) is 4.60. The Morgan fingerprint density at radius 3 is 1.95 bits per heavy atom. The zero-order valence-electron chi connectivity index (χ0n) is 10.1. The molecule has 4 heteroatoms. The molecule has 0 saturated carbocycles. The van der Waals surface area contributed by atoms with Crippen molar-refractivity contribution in [2.75, 3.05) is 5.32 Å². The first kappa shape index (κ1) is 11.7. The lowest BCUT2D eigenvalue weighted by Gasteiger charge is -2.20. The second-order valence-electron chi connectivity index (χ2n) is 3.91. The van der Waals surface area contributed by atoms with Crippen molar-refractivity contribution >= 4 is 22.9 Å². The molecule has 2 aromatic carbocycles. The van der Waals surface area contributed by atoms with Gasteiger partial charge in [-0.25, -0.2) is 4.37 Å². The van der Waals surface area contributed by atoms with Crippen molar-refractivity contribution in [3.8, 4) is 11.5 Å². The first-order valence-corrected chi connectivity index (χ1v) is 6.74. The van der Waals surface area contributed by atoms with Gasteiger partial charge >= 0.3 is 0 Å². The molecule has 1 aromatic heterocycles. The van der Waals surface area contributed by atoms with Crippen LogP contribution in [0.5, 0.6) is 11.5 Å². The van der Waals surface area contributed by atoms with Crippen molar-refractivity contribution in [1.82, 2.24) is 4.37 Å². The quantitative estimate of drug-likeness (QED) is 0.503. The number of hydrogen-bond donors (Lipinski definition) is 1. The third kappa shape index (κ3) is 2.74. The van der Waals surface area contributed by atoms with Gasteiger partial charge in [-0.05, 0) is 41.9 Å². The molecule has 3 nitrogen and oxygen atoms in total. The van der Waals surface area contributed by atoms with Crippen molar-refractivity contribution < 1.29 is 4.74 Å². The van der Waals surface area contributed by atoms with Crippen LogP contribution in [0.15, 0.2) is 66.2 Å². The van der Waals surface area contributed by atoms with Crippen LogP contribution >= 0.6 is 11.5 Å². The largest absolute Gasteiger partial charge is 0.453 e. The number of hydrogen-bond acceptors (Lipinski definition) is 4. The molecular formula is C15H12N2OS. The first-order valence-electron chi connectivity index (χ1n) is 5.91. The van der Waals surface area contributed by atoms with Crippen LogP contribution in [-0.2, 0) is 0 Å². The molecule has 0 saturated heterocycles. The average Bonchev–Trinajstić information content (AvgIpc) is 3.04. The summed E-state index contributed by atoms with van der Waals surface area (Å²) in [7, 11) is 0. The maximum Gasteiger partial charge on any atom is 0.150 e. The van der Waals surface area contributed by atoms with Gasteiger partial charge in [0, 0.05) is 11.6 Å². The van der Waals surface area contributed by atoms with Gasteiger partial charge < -0.3 is 10.1 Å². The van der Waals surface area contributed by atoms with E-state index in [-0.39, 0.29) is 0 Å². The molecule has 4 rings (SSSR count). The van der Waals surface area contributed by atoms with E-state index in [1.54, 1.807) is 6.20 Å². The third-order valence-electron chi connectivity index (χ3n) is 2.61. The topological polar surface area (TPSA) is 34.1 Å². The number of nitrogens with zero attached hydrogens (tertiary/aromatic N) is 1. The maximum atomic E-state index is 5.71. The summed E-state index contributed by atoms with van der Waals surface area (Å²) < 4.78 is 9.48. The maximum absolute atomic E-state index is 5.71. The Bertz CT molecular complexity index is 548. The molecule has 0 fully saturated rings. The number of ether oxygens (including phenoxy) is 1. The van der Waals surface area contributed by atoms with Crippen LogP contribution in [0.2, 0.25) is 0 Å². The highest BCUT2D eigenvalue weighted by molar-refractivity contribution is 7.03. The zero-order chi connectivity index (χ0) is 12.9. The van der Waals surface area contributed by atoms with Gasteiger partial charge in [0.2, 0.25) is 0 Å². The van der Waals surface area contributed by atoms with Crippen LogP contribution < -0.4 is 10.1 Å². The molecule has 1 aliphatic heterocycles. The summed E-state index contributed by atoms with van der Waals surface area (Å²) >= 11 is 1.46. The van der Waals surface area contributed by atoms with Crippen LogP contribution in [0, 0.1) is 0 Å². The Morgan fingerprint density at radius 2 is 1.47 bits per heavy atom. The lowest BCUT2D eigenvalue weighted by molar-refractivity contribution is 0.481. The summed E-state index contributed by atoms with van der Waals surface area (Å²) in [6, 6.07) is 17.7. The Morgan fingerprint density at radius 1 is 0.842 bits per heavy atom. The summed E-state index contributed by atoms with van der Waals surface area (Å²) in [5.74, 6) is 1.76. The number of nitrogens with one attached hydrogen (secondary N) is 1. The first-order chi connectivity index (χ1) is 9.43. The molecule has 2 heterocycles. The fourth-order valence-electron chi connectivity index (χ4n) is 1.76. The van der Waals surface area contributed by atoms with Crippen LogP contribution in [0.1, 0.15) is 0 Å². The van der Waals surface area contributed by atoms with Crippen molar-refractivity contribution in [3.63, 3.8) is 0 Å². The van der Waals surface area contributed by atoms with Gasteiger partial charge in [0.25, 0.3) is 0 Å². The van der Waals surface area contributed by atoms with Gasteiger partial charge in [0.1, 0.15) is 0 Å². The summed E-state index contributed by atoms with van der Waals surface area (Å²) in [5, 5.41) is 5.25. The SMILES string of the molecule is c1ccc2c(c1)Nc1ccccc1O2.c1cnsc1. The normalized spacial score (nSPS) is 10.9. The molecule has 0 spiro atoms. The van der Waals surface area contributed by atoms with Crippen molar-refractivity contribution in [2.45, 2.75) is 0 Å². The van der Waals surface area contributed by atoms with Gasteiger partial charge in [0.15, 0.2) is 11.5 Å². The van der Waals surface area contributed by atoms with E-state index in [9.17, 15) is 0 Å². The summed E-state index contributed by atoms with van der Waals surface area (Å²) in [6.07, 6.45) is 1.77. The number of anilines is 2. The number of benzene rings is 2. The predicted molar refractivity (Wildman–Crippen MR) is 78.4 cm³/mol. The fraction of sp³-hybridized carbons (Fsp3) is 0. The zero-order valence-corrected chi connectivity index (χ0v) is 10.9. The molecule has 0 radical (unpaired) electrons. The molecule has 0 unspecified atom stereocenters. The molecule has 3 aromatic rings. The highest BCUT2D eigenvalue weighted by Crippen LogP contribution is 2.40. The van der Waals surface area contributed by atoms with Gasteiger partial charge in [-0.15, -0.1) is 0 Å². The Balaban J connectivity index is 0.000000187. The smallest absolute Gasteiger partial charge is 0.150 e. The fourth-order valence-corrected chi connectivity index (χ4v) is 2.11. The summed E-state index contributed by atoms with van der Waals surface area (Å²) in [4.78, 5) is 0. The van der Waals surface area contributed by atoms with E-state index < -0.39 is 0 Å². The lowest BCUT2D eigenvalue weighted by atomic mass is 10.2. The van der Waals surface area contributed by atoms with E-state index >= 15 is 0 Å². The highest BCUT2D eigenvalue weighted by Gasteiger charge is 2.13. The Hall–Kier alpha value is -2.33. The molecule has 1 aliphatic rings. The number of rotatable bonds is 0. The number of para-hydroxylation sites is 4. The van der Waals surface area contributed by atoms with E-state index in [1.165, 1.54) is 11.5 Å². The van der Waals surface area contributed by atoms with Crippen LogP contribution in [0.3, 0.4) is 0 Å². The van der Waals surface area contributed by atoms with E-state index in [0.717, 1.165) is 22.9 Å². The number of fused-ring (bicyclic) bond motifs is 2. The predicted octanol–water partition coefficient (Wildman–Crippen LogP) is 4.68. The van der Waals surface area contributed by atoms with Gasteiger partial charge in [0.05, 0.1) is 11.4 Å². The molecule has 0 aliphatic carbocycles. The summed E-state index contributed by atoms with van der Waals surface area (Å²) in [6.45, 7) is 0. The standard InChI is InChI=1S/C12H9NO.C3H3NS/c1-3-7-11-9(5-1)13-10-6-2-4-8-12(10)14-11;1-2-4-5-3-1/h1-8,13H;1-3H. The highest BCUT2D eigenvalue weighted by atomic mass is 32.1. The van der Waals surface area contributed by atoms with E-state index in [0.29, 0.717) is 0 Å². The summed E-state index contributed by atoms with van der Waals surface area (Å²) in [5.41, 5.74) is 2.04. The Labute approximate surface area is 115 Å². The van der Waals surface area contributed by atoms with E-state index in [2.05, 4.69) is 9.69 Å². The Kier molecular flexibility index (Phi) is 3.42. The molecule has 19 heavy (non-hydrogen) atoms. The van der Waals surface area contributed by atoms with Gasteiger partial charge in [-0.1, -0.05) is 24.3 Å². The molecular weight excluding hydrogens is 256 g/mol. The molecule has 0 amide bonds. The van der Waals surface area contributed by atoms with E-state index in [4.69, 9.17) is 4.74 Å². The minimum absolute atomic E-state index is 0.881. The third-order valence-corrected chi connectivity index (χ3v) is 3.13. The molecule has 94 valence electrons. The number of aromatic nitrogens is 1. The second kappa shape index (κ2) is 5.54. The van der Waals surface area contributed by atoms with Crippen LogP contribution in [0.25, 0.3) is 0 Å². The van der Waals surface area contributed by atoms with Crippen molar-refractivity contribution in [2.24, 2.45) is 0 Å². The molecule has 1 N–H and O–H groups in total. The van der Waals surface area contributed by atoms with Gasteiger partial charge in [-0.2, -0.15) is 0 Å². The minimum Gasteiger partial charge on any atom is -0.453 e. The minimum atomic E-state index is 0.881. The molecule has 0 atom stereocenters. The van der Waals surface area contributed by atoms with E-state index in [1.807, 2.05) is 60.0 Å². The van der Waals surface area contributed by atoms with Crippen LogP contribution in [-0.4, -0.2) is 4.37 Å².